The molecule has 0 N–H and O–H groups in total. The highest BCUT2D eigenvalue weighted by molar-refractivity contribution is 4.98. The van der Waals surface area contributed by atoms with Gasteiger partial charge in [0.15, 0.2) is 0 Å². The Morgan fingerprint density at radius 3 is 2.33 bits per heavy atom. The van der Waals surface area contributed by atoms with Gasteiger partial charge in [0.05, 0.1) is 0 Å². The van der Waals surface area contributed by atoms with Crippen LogP contribution in [0.1, 0.15) is 59.3 Å². The van der Waals surface area contributed by atoms with Crippen molar-refractivity contribution in [2.24, 2.45) is 5.92 Å². The molecule has 0 aliphatic heterocycles. The maximum atomic E-state index is 3.23. The van der Waals surface area contributed by atoms with Crippen LogP contribution in [0.5, 0.6) is 0 Å². The summed E-state index contributed by atoms with van der Waals surface area (Å²) >= 11 is 0. The highest BCUT2D eigenvalue weighted by Crippen LogP contribution is 2.01. The molecule has 0 fully saturated rings. The van der Waals surface area contributed by atoms with Crippen molar-refractivity contribution in [2.45, 2.75) is 59.3 Å². The van der Waals surface area contributed by atoms with Crippen LogP contribution in [0.2, 0.25) is 0 Å². The van der Waals surface area contributed by atoms with Crippen LogP contribution < -0.4 is 0 Å². The molecule has 12 heavy (non-hydrogen) atoms. The van der Waals surface area contributed by atoms with Crippen LogP contribution in [0, 0.1) is 17.8 Å². The predicted molar refractivity (Wildman–Crippen MR) is 56.0 cm³/mol. The van der Waals surface area contributed by atoms with Crippen LogP contribution in [-0.2, 0) is 0 Å². The molecule has 0 aliphatic rings. The third-order valence-electron chi connectivity index (χ3n) is 1.79. The lowest BCUT2D eigenvalue weighted by molar-refractivity contribution is 0.669. The largest absolute Gasteiger partial charge is 0.103 e. The Morgan fingerprint density at radius 1 is 1.00 bits per heavy atom. The van der Waals surface area contributed by atoms with E-state index >= 15 is 0 Å². The molecule has 0 saturated heterocycles. The first-order chi connectivity index (χ1) is 5.77. The summed E-state index contributed by atoms with van der Waals surface area (Å²) in [6, 6.07) is 0. The normalized spacial score (nSPS) is 9.67. The van der Waals surface area contributed by atoms with E-state index < -0.39 is 0 Å². The van der Waals surface area contributed by atoms with E-state index in [0.717, 1.165) is 18.8 Å². The molecule has 0 rings (SSSR count). The summed E-state index contributed by atoms with van der Waals surface area (Å²) in [6.07, 6.45) is 7.50. The zero-order valence-corrected chi connectivity index (χ0v) is 8.82. The molecule has 0 atom stereocenters. The fourth-order valence-electron chi connectivity index (χ4n) is 1.00. The maximum absolute atomic E-state index is 3.23. The zero-order chi connectivity index (χ0) is 9.23. The fraction of sp³-hybridized carbons (Fsp3) is 0.833. The van der Waals surface area contributed by atoms with Gasteiger partial charge in [0.25, 0.3) is 0 Å². The molecule has 0 bridgehead atoms. The molecule has 0 unspecified atom stereocenters. The minimum atomic E-state index is 0.730. The Bertz CT molecular complexity index is 134. The molecule has 0 heteroatoms. The lowest BCUT2D eigenvalue weighted by atomic mass is 10.1. The predicted octanol–water partition coefficient (Wildman–Crippen LogP) is 4.01. The van der Waals surface area contributed by atoms with E-state index in [2.05, 4.69) is 32.6 Å². The first kappa shape index (κ1) is 11.6. The average molecular weight is 166 g/mol. The summed E-state index contributed by atoms with van der Waals surface area (Å²) in [6.45, 7) is 6.67. The molecule has 0 aromatic carbocycles. The average Bonchev–Trinajstić information content (AvgIpc) is 2.02. The summed E-state index contributed by atoms with van der Waals surface area (Å²) < 4.78 is 0. The number of unbranched alkanes of at least 4 members (excludes halogenated alkanes) is 4. The topological polar surface area (TPSA) is 0 Å². The smallest absolute Gasteiger partial charge is 0.0112 e. The summed E-state index contributed by atoms with van der Waals surface area (Å²) in [5.41, 5.74) is 0. The molecular weight excluding hydrogens is 144 g/mol. The molecule has 0 heterocycles. The molecule has 0 spiro atoms. The summed E-state index contributed by atoms with van der Waals surface area (Å²) in [4.78, 5) is 0. The van der Waals surface area contributed by atoms with E-state index in [4.69, 9.17) is 0 Å². The summed E-state index contributed by atoms with van der Waals surface area (Å²) in [5.74, 6) is 7.17. The third kappa shape index (κ3) is 9.56. The first-order valence-corrected chi connectivity index (χ1v) is 5.23. The minimum Gasteiger partial charge on any atom is -0.103 e. The lowest BCUT2D eigenvalue weighted by Crippen LogP contribution is -1.81. The van der Waals surface area contributed by atoms with E-state index in [1.54, 1.807) is 0 Å². The van der Waals surface area contributed by atoms with Gasteiger partial charge in [-0.3, -0.25) is 0 Å². The fourth-order valence-corrected chi connectivity index (χ4v) is 1.00. The van der Waals surface area contributed by atoms with Crippen molar-refractivity contribution in [1.82, 2.24) is 0 Å². The van der Waals surface area contributed by atoms with Gasteiger partial charge in [-0.25, -0.2) is 0 Å². The molecule has 0 radical (unpaired) electrons. The molecule has 70 valence electrons. The van der Waals surface area contributed by atoms with Gasteiger partial charge >= 0.3 is 0 Å². The van der Waals surface area contributed by atoms with Gasteiger partial charge in [0.2, 0.25) is 0 Å². The highest BCUT2D eigenvalue weighted by atomic mass is 13.9. The van der Waals surface area contributed by atoms with Crippen molar-refractivity contribution in [3.63, 3.8) is 0 Å². The van der Waals surface area contributed by atoms with Crippen LogP contribution in [0.3, 0.4) is 0 Å². The molecule has 0 aromatic heterocycles. The Morgan fingerprint density at radius 2 is 1.75 bits per heavy atom. The van der Waals surface area contributed by atoms with E-state index in [-0.39, 0.29) is 0 Å². The van der Waals surface area contributed by atoms with Gasteiger partial charge in [-0.15, -0.1) is 11.8 Å². The van der Waals surface area contributed by atoms with Crippen molar-refractivity contribution in [3.8, 4) is 11.8 Å². The Kier molecular flexibility index (Phi) is 8.34. The van der Waals surface area contributed by atoms with Gasteiger partial charge in [0, 0.05) is 12.8 Å². The van der Waals surface area contributed by atoms with Crippen LogP contribution >= 0.6 is 0 Å². The van der Waals surface area contributed by atoms with Crippen molar-refractivity contribution >= 4 is 0 Å². The van der Waals surface area contributed by atoms with E-state index in [0.29, 0.717) is 0 Å². The third-order valence-corrected chi connectivity index (χ3v) is 1.79. The van der Waals surface area contributed by atoms with Gasteiger partial charge in [-0.1, -0.05) is 40.0 Å². The molecule has 0 aliphatic carbocycles. The van der Waals surface area contributed by atoms with Gasteiger partial charge < -0.3 is 0 Å². The highest BCUT2D eigenvalue weighted by Gasteiger charge is 1.86. The quantitative estimate of drug-likeness (QED) is 0.427. The Hall–Kier alpha value is -0.440. The number of rotatable bonds is 5. The second-order valence-electron chi connectivity index (χ2n) is 3.76. The van der Waals surface area contributed by atoms with E-state index in [9.17, 15) is 0 Å². The standard InChI is InChI=1S/C12H22/c1-4-5-6-7-8-9-10-11-12(2)3/h12H,4-8,11H2,1-3H3. The summed E-state index contributed by atoms with van der Waals surface area (Å²) in [7, 11) is 0. The van der Waals surface area contributed by atoms with Crippen LogP contribution in [0.25, 0.3) is 0 Å². The Balaban J connectivity index is 3.10. The lowest BCUT2D eigenvalue weighted by Gasteiger charge is -1.94. The SMILES string of the molecule is CCCCCCC#CCC(C)C. The van der Waals surface area contributed by atoms with Crippen molar-refractivity contribution in [3.05, 3.63) is 0 Å². The van der Waals surface area contributed by atoms with Crippen molar-refractivity contribution in [2.75, 3.05) is 0 Å². The molecular formula is C12H22. The van der Waals surface area contributed by atoms with Gasteiger partial charge in [-0.2, -0.15) is 0 Å². The molecule has 0 saturated carbocycles. The number of hydrogen-bond donors (Lipinski definition) is 0. The summed E-state index contributed by atoms with van der Waals surface area (Å²) in [5, 5.41) is 0. The van der Waals surface area contributed by atoms with Crippen molar-refractivity contribution in [1.29, 1.82) is 0 Å². The van der Waals surface area contributed by atoms with Crippen LogP contribution in [0.4, 0.5) is 0 Å². The zero-order valence-electron chi connectivity index (χ0n) is 8.82. The second-order valence-corrected chi connectivity index (χ2v) is 3.76. The van der Waals surface area contributed by atoms with E-state index in [1.807, 2.05) is 0 Å². The van der Waals surface area contributed by atoms with Crippen molar-refractivity contribution < 1.29 is 0 Å². The minimum absolute atomic E-state index is 0.730. The van der Waals surface area contributed by atoms with Crippen LogP contribution in [-0.4, -0.2) is 0 Å². The van der Waals surface area contributed by atoms with Crippen LogP contribution in [0.15, 0.2) is 0 Å². The second kappa shape index (κ2) is 8.65. The maximum Gasteiger partial charge on any atom is 0.0112 e. The van der Waals surface area contributed by atoms with Gasteiger partial charge in [-0.05, 0) is 12.3 Å². The first-order valence-electron chi connectivity index (χ1n) is 5.23. The molecule has 0 amide bonds. The molecule has 0 aromatic rings. The molecule has 0 nitrogen and oxygen atoms in total. The van der Waals surface area contributed by atoms with Gasteiger partial charge in [0.1, 0.15) is 0 Å². The Labute approximate surface area is 77.8 Å². The monoisotopic (exact) mass is 166 g/mol. The van der Waals surface area contributed by atoms with E-state index in [1.165, 1.54) is 25.7 Å². The number of hydrogen-bond acceptors (Lipinski definition) is 0.